The lowest BCUT2D eigenvalue weighted by Crippen LogP contribution is -2.33. The first-order chi connectivity index (χ1) is 12.9. The number of anilines is 1. The molecule has 0 bridgehead atoms. The number of amides is 2. The third-order valence-corrected chi connectivity index (χ3v) is 5.59. The number of nitrogens with one attached hydrogen (secondary N) is 1. The molecule has 8 heteroatoms. The third-order valence-electron chi connectivity index (χ3n) is 5.59. The predicted octanol–water partition coefficient (Wildman–Crippen LogP) is 2.07. The van der Waals surface area contributed by atoms with Gasteiger partial charge in [0.1, 0.15) is 17.7 Å². The van der Waals surface area contributed by atoms with Crippen LogP contribution in [0.1, 0.15) is 18.9 Å². The van der Waals surface area contributed by atoms with Crippen LogP contribution in [0.25, 0.3) is 5.57 Å². The van der Waals surface area contributed by atoms with E-state index in [1.54, 1.807) is 0 Å². The fourth-order valence-electron chi connectivity index (χ4n) is 4.23. The van der Waals surface area contributed by atoms with Gasteiger partial charge in [-0.15, -0.1) is 0 Å². The number of aliphatic hydroxyl groups is 1. The molecule has 2 fully saturated rings. The highest BCUT2D eigenvalue weighted by molar-refractivity contribution is 5.90. The second-order valence-corrected chi connectivity index (χ2v) is 7.27. The van der Waals surface area contributed by atoms with Crippen LogP contribution in [0.2, 0.25) is 0 Å². The standard InChI is InChI=1S/C19H20F2N2O4/c1-9(25)22-6-11-7-23(19(26)27-11)10-4-15(20)18(16(21)5-10)13-3-2-12-14(8-24)17(12)13/h3-5,11-12,14,17,24H,2,6-8H2,1H3,(H,22,25)/t11-,12+,14+,17+/m0/s1. The fourth-order valence-corrected chi connectivity index (χ4v) is 4.23. The number of halogens is 2. The van der Waals surface area contributed by atoms with E-state index in [1.165, 1.54) is 6.92 Å². The zero-order valence-corrected chi connectivity index (χ0v) is 14.7. The number of hydrogen-bond acceptors (Lipinski definition) is 4. The summed E-state index contributed by atoms with van der Waals surface area (Å²) < 4.78 is 34.6. The molecule has 0 radical (unpaired) electrons. The number of rotatable bonds is 5. The Balaban J connectivity index is 1.54. The average molecular weight is 378 g/mol. The lowest BCUT2D eigenvalue weighted by atomic mass is 9.99. The Morgan fingerprint density at radius 2 is 2.07 bits per heavy atom. The molecule has 0 unspecified atom stereocenters. The monoisotopic (exact) mass is 378 g/mol. The fraction of sp³-hybridized carbons (Fsp3) is 0.474. The first-order valence-corrected chi connectivity index (χ1v) is 8.93. The van der Waals surface area contributed by atoms with Crippen molar-refractivity contribution >= 4 is 23.3 Å². The molecule has 1 aliphatic heterocycles. The SMILES string of the molecule is CC(=O)NC[C@H]1CN(c2cc(F)c(C3=CC[C@@H]4[C@@H](CO)[C@@H]34)c(F)c2)C(=O)O1. The number of ether oxygens (including phenoxy) is 1. The number of cyclic esters (lactones) is 1. The van der Waals surface area contributed by atoms with Gasteiger partial charge in [0.15, 0.2) is 0 Å². The number of benzene rings is 1. The summed E-state index contributed by atoms with van der Waals surface area (Å²) in [5.41, 5.74) is 0.603. The van der Waals surface area contributed by atoms with Gasteiger partial charge in [-0.25, -0.2) is 13.6 Å². The van der Waals surface area contributed by atoms with Crippen molar-refractivity contribution in [2.24, 2.45) is 17.8 Å². The first-order valence-electron chi connectivity index (χ1n) is 8.93. The summed E-state index contributed by atoms with van der Waals surface area (Å²) >= 11 is 0. The molecule has 2 aliphatic carbocycles. The maximum Gasteiger partial charge on any atom is 0.414 e. The molecule has 6 nitrogen and oxygen atoms in total. The van der Waals surface area contributed by atoms with Crippen molar-refractivity contribution in [1.29, 1.82) is 0 Å². The molecule has 0 spiro atoms. The van der Waals surface area contributed by atoms with Crippen LogP contribution in [-0.2, 0) is 9.53 Å². The molecule has 27 heavy (non-hydrogen) atoms. The zero-order valence-electron chi connectivity index (χ0n) is 14.7. The topological polar surface area (TPSA) is 78.9 Å². The van der Waals surface area contributed by atoms with Gasteiger partial charge < -0.3 is 15.2 Å². The average Bonchev–Trinajstić information content (AvgIpc) is 2.92. The highest BCUT2D eigenvalue weighted by Gasteiger charge is 2.54. The van der Waals surface area contributed by atoms with Gasteiger partial charge in [0.2, 0.25) is 5.91 Å². The minimum atomic E-state index is -0.737. The lowest BCUT2D eigenvalue weighted by molar-refractivity contribution is -0.119. The van der Waals surface area contributed by atoms with E-state index >= 15 is 0 Å². The Labute approximate surface area is 154 Å². The molecule has 2 amide bonds. The van der Waals surface area contributed by atoms with E-state index in [-0.39, 0.29) is 54.6 Å². The Bertz CT molecular complexity index is 818. The van der Waals surface area contributed by atoms with Crippen molar-refractivity contribution in [2.75, 3.05) is 24.6 Å². The van der Waals surface area contributed by atoms with E-state index < -0.39 is 23.8 Å². The molecule has 1 heterocycles. The largest absolute Gasteiger partial charge is 0.442 e. The third kappa shape index (κ3) is 3.07. The van der Waals surface area contributed by atoms with Crippen LogP contribution < -0.4 is 10.2 Å². The van der Waals surface area contributed by atoms with Crippen LogP contribution in [-0.4, -0.2) is 42.9 Å². The normalized spacial score (nSPS) is 28.7. The van der Waals surface area contributed by atoms with Gasteiger partial charge in [-0.05, 0) is 41.9 Å². The van der Waals surface area contributed by atoms with Crippen molar-refractivity contribution in [3.63, 3.8) is 0 Å². The van der Waals surface area contributed by atoms with Crippen LogP contribution in [0, 0.1) is 29.4 Å². The van der Waals surface area contributed by atoms with Gasteiger partial charge in [0.25, 0.3) is 0 Å². The number of allylic oxidation sites excluding steroid dienone is 2. The summed E-state index contributed by atoms with van der Waals surface area (Å²) in [6.07, 6.45) is 1.26. The summed E-state index contributed by atoms with van der Waals surface area (Å²) in [6.45, 7) is 1.60. The molecule has 3 aliphatic rings. The molecule has 2 N–H and O–H groups in total. The van der Waals surface area contributed by atoms with E-state index in [0.717, 1.165) is 23.5 Å². The van der Waals surface area contributed by atoms with Gasteiger partial charge in [-0.3, -0.25) is 9.69 Å². The molecule has 1 saturated heterocycles. The smallest absolute Gasteiger partial charge is 0.414 e. The minimum absolute atomic E-state index is 0.00337. The van der Waals surface area contributed by atoms with Crippen molar-refractivity contribution in [3.8, 4) is 0 Å². The lowest BCUT2D eigenvalue weighted by Gasteiger charge is -2.16. The summed E-state index contributed by atoms with van der Waals surface area (Å²) in [5.74, 6) is -1.38. The minimum Gasteiger partial charge on any atom is -0.442 e. The molecule has 144 valence electrons. The van der Waals surface area contributed by atoms with Crippen LogP contribution >= 0.6 is 0 Å². The summed E-state index contributed by atoms with van der Waals surface area (Å²) in [6, 6.07) is 2.26. The molecule has 1 saturated carbocycles. The van der Waals surface area contributed by atoms with Gasteiger partial charge in [0.05, 0.1) is 18.8 Å². The zero-order chi connectivity index (χ0) is 19.3. The van der Waals surface area contributed by atoms with E-state index in [2.05, 4.69) is 5.32 Å². The molecular weight excluding hydrogens is 358 g/mol. The Kier molecular flexibility index (Phi) is 4.38. The Hall–Kier alpha value is -2.48. The van der Waals surface area contributed by atoms with Gasteiger partial charge >= 0.3 is 6.09 Å². The van der Waals surface area contributed by atoms with Gasteiger partial charge in [-0.1, -0.05) is 6.08 Å². The maximum absolute atomic E-state index is 14.7. The first kappa shape index (κ1) is 17.9. The number of aliphatic hydroxyl groups excluding tert-OH is 1. The number of carbonyl (C=O) groups excluding carboxylic acids is 2. The van der Waals surface area contributed by atoms with E-state index in [0.29, 0.717) is 5.57 Å². The number of fused-ring (bicyclic) bond motifs is 1. The summed E-state index contributed by atoms with van der Waals surface area (Å²) in [4.78, 5) is 24.2. The molecule has 4 atom stereocenters. The summed E-state index contributed by atoms with van der Waals surface area (Å²) in [5, 5.41) is 11.9. The van der Waals surface area contributed by atoms with Crippen molar-refractivity contribution < 1.29 is 28.2 Å². The van der Waals surface area contributed by atoms with Crippen LogP contribution in [0.4, 0.5) is 19.3 Å². The van der Waals surface area contributed by atoms with E-state index in [1.807, 2.05) is 6.08 Å². The molecule has 1 aromatic carbocycles. The highest BCUT2D eigenvalue weighted by atomic mass is 19.1. The van der Waals surface area contributed by atoms with Crippen molar-refractivity contribution in [2.45, 2.75) is 19.4 Å². The second-order valence-electron chi connectivity index (χ2n) is 7.27. The Morgan fingerprint density at radius 3 is 2.67 bits per heavy atom. The molecule has 0 aromatic heterocycles. The van der Waals surface area contributed by atoms with Crippen LogP contribution in [0.15, 0.2) is 18.2 Å². The number of nitrogens with zero attached hydrogens (tertiary/aromatic N) is 1. The Morgan fingerprint density at radius 1 is 1.37 bits per heavy atom. The molecule has 4 rings (SSSR count). The highest BCUT2D eigenvalue weighted by Crippen LogP contribution is 2.60. The van der Waals surface area contributed by atoms with Gasteiger partial charge in [-0.2, -0.15) is 0 Å². The van der Waals surface area contributed by atoms with Crippen LogP contribution in [0.5, 0.6) is 0 Å². The second kappa shape index (κ2) is 6.60. The predicted molar refractivity (Wildman–Crippen MR) is 92.8 cm³/mol. The van der Waals surface area contributed by atoms with Gasteiger partial charge in [0, 0.05) is 19.1 Å². The summed E-state index contributed by atoms with van der Waals surface area (Å²) in [7, 11) is 0. The maximum atomic E-state index is 14.7. The molecular formula is C19H20F2N2O4. The van der Waals surface area contributed by atoms with Crippen molar-refractivity contribution in [3.05, 3.63) is 35.4 Å². The number of hydrogen-bond donors (Lipinski definition) is 2. The van der Waals surface area contributed by atoms with E-state index in [4.69, 9.17) is 4.74 Å². The quantitative estimate of drug-likeness (QED) is 0.822. The number of carbonyl (C=O) groups is 2. The van der Waals surface area contributed by atoms with E-state index in [9.17, 15) is 23.5 Å². The molecule has 1 aromatic rings. The van der Waals surface area contributed by atoms with Crippen LogP contribution in [0.3, 0.4) is 0 Å². The van der Waals surface area contributed by atoms with Crippen molar-refractivity contribution in [1.82, 2.24) is 5.32 Å².